The van der Waals surface area contributed by atoms with Gasteiger partial charge in [0.15, 0.2) is 18.2 Å². The highest BCUT2D eigenvalue weighted by molar-refractivity contribution is 5.77. The molecular formula is C20H24FN2O3+. The molecule has 0 atom stereocenters. The summed E-state index contributed by atoms with van der Waals surface area (Å²) in [6.07, 6.45) is 0. The number of benzene rings is 2. The first-order valence-corrected chi connectivity index (χ1v) is 8.84. The molecule has 26 heavy (non-hydrogen) atoms. The molecule has 1 aliphatic heterocycles. The molecule has 0 spiro atoms. The molecule has 0 saturated carbocycles. The second-order valence-electron chi connectivity index (χ2n) is 6.30. The van der Waals surface area contributed by atoms with Crippen molar-refractivity contribution in [1.29, 1.82) is 0 Å². The van der Waals surface area contributed by atoms with Crippen LogP contribution in [0.2, 0.25) is 0 Å². The minimum atomic E-state index is -0.473. The molecule has 0 aromatic heterocycles. The number of amides is 1. The predicted molar refractivity (Wildman–Crippen MR) is 95.4 cm³/mol. The summed E-state index contributed by atoms with van der Waals surface area (Å²) < 4.78 is 24.1. The van der Waals surface area contributed by atoms with Gasteiger partial charge in [-0.1, -0.05) is 36.4 Å². The van der Waals surface area contributed by atoms with Crippen molar-refractivity contribution in [3.63, 3.8) is 0 Å². The van der Waals surface area contributed by atoms with E-state index in [2.05, 4.69) is 11.4 Å². The normalized spacial score (nSPS) is 14.8. The fraction of sp³-hybridized carbons (Fsp3) is 0.350. The number of morpholine rings is 1. The molecule has 0 bridgehead atoms. The Bertz CT molecular complexity index is 733. The lowest BCUT2D eigenvalue weighted by atomic mass is 10.1. The maximum absolute atomic E-state index is 13.5. The summed E-state index contributed by atoms with van der Waals surface area (Å²) in [5.41, 5.74) is 2.31. The zero-order valence-electron chi connectivity index (χ0n) is 14.7. The fourth-order valence-electron chi connectivity index (χ4n) is 2.96. The minimum Gasteiger partial charge on any atom is -0.481 e. The number of hydrogen-bond acceptors (Lipinski definition) is 3. The zero-order chi connectivity index (χ0) is 18.2. The van der Waals surface area contributed by atoms with Crippen LogP contribution in [0.25, 0.3) is 0 Å². The maximum atomic E-state index is 13.5. The van der Waals surface area contributed by atoms with Gasteiger partial charge in [0, 0.05) is 12.1 Å². The molecular weight excluding hydrogens is 335 g/mol. The molecule has 0 unspecified atom stereocenters. The lowest BCUT2D eigenvalue weighted by Gasteiger charge is -2.24. The van der Waals surface area contributed by atoms with Gasteiger partial charge < -0.3 is 19.7 Å². The third-order valence-corrected chi connectivity index (χ3v) is 4.43. The van der Waals surface area contributed by atoms with Gasteiger partial charge in [0.2, 0.25) is 0 Å². The Balaban J connectivity index is 1.51. The number of ether oxygens (including phenoxy) is 2. The summed E-state index contributed by atoms with van der Waals surface area (Å²) in [6, 6.07) is 14.2. The highest BCUT2D eigenvalue weighted by Gasteiger charge is 2.16. The quantitative estimate of drug-likeness (QED) is 0.774. The molecule has 1 aliphatic rings. The Morgan fingerprint density at radius 1 is 1.08 bits per heavy atom. The van der Waals surface area contributed by atoms with E-state index in [1.54, 1.807) is 12.1 Å². The van der Waals surface area contributed by atoms with Crippen LogP contribution in [0.1, 0.15) is 11.1 Å². The molecule has 1 amide bonds. The minimum absolute atomic E-state index is 0.0824. The summed E-state index contributed by atoms with van der Waals surface area (Å²) in [5.74, 6) is -0.667. The highest BCUT2D eigenvalue weighted by atomic mass is 19.1. The van der Waals surface area contributed by atoms with Crippen molar-refractivity contribution in [2.45, 2.75) is 13.1 Å². The van der Waals surface area contributed by atoms with E-state index < -0.39 is 5.82 Å². The Hall–Kier alpha value is -2.44. The van der Waals surface area contributed by atoms with Gasteiger partial charge in [0.1, 0.15) is 19.6 Å². The highest BCUT2D eigenvalue weighted by Crippen LogP contribution is 2.15. The van der Waals surface area contributed by atoms with Gasteiger partial charge in [0.05, 0.1) is 13.2 Å². The fourth-order valence-corrected chi connectivity index (χ4v) is 2.96. The number of hydrogen-bond donors (Lipinski definition) is 2. The molecule has 1 heterocycles. The zero-order valence-corrected chi connectivity index (χ0v) is 14.7. The van der Waals surface area contributed by atoms with Gasteiger partial charge >= 0.3 is 0 Å². The summed E-state index contributed by atoms with van der Waals surface area (Å²) in [7, 11) is 0. The smallest absolute Gasteiger partial charge is 0.258 e. The first-order valence-electron chi connectivity index (χ1n) is 8.84. The van der Waals surface area contributed by atoms with Gasteiger partial charge in [0.25, 0.3) is 5.91 Å². The van der Waals surface area contributed by atoms with Gasteiger partial charge in [-0.15, -0.1) is 0 Å². The first-order chi connectivity index (χ1) is 12.7. The van der Waals surface area contributed by atoms with Crippen LogP contribution in [0, 0.1) is 5.82 Å². The molecule has 2 aromatic carbocycles. The largest absolute Gasteiger partial charge is 0.481 e. The number of halogens is 1. The van der Waals surface area contributed by atoms with E-state index >= 15 is 0 Å². The number of rotatable bonds is 7. The van der Waals surface area contributed by atoms with Crippen molar-refractivity contribution in [2.75, 3.05) is 32.9 Å². The third kappa shape index (κ3) is 5.28. The topological polar surface area (TPSA) is 52.0 Å². The SMILES string of the molecule is O=C(COc1ccccc1F)NCc1ccccc1C[NH+]1CCOCC1. The number of para-hydroxylation sites is 1. The molecule has 3 rings (SSSR count). The molecule has 2 aromatic rings. The van der Waals surface area contributed by atoms with E-state index in [-0.39, 0.29) is 18.3 Å². The Morgan fingerprint density at radius 2 is 1.77 bits per heavy atom. The summed E-state index contributed by atoms with van der Waals surface area (Å²) in [4.78, 5) is 13.5. The standard InChI is InChI=1S/C20H23FN2O3/c21-18-7-3-4-8-19(18)26-15-20(24)22-13-16-5-1-2-6-17(16)14-23-9-11-25-12-10-23/h1-8H,9-15H2,(H,22,24)/p+1. The molecule has 5 nitrogen and oxygen atoms in total. The molecule has 0 radical (unpaired) electrons. The number of carbonyl (C=O) groups is 1. The second kappa shape index (κ2) is 9.31. The van der Waals surface area contributed by atoms with Crippen LogP contribution >= 0.6 is 0 Å². The van der Waals surface area contributed by atoms with E-state index in [9.17, 15) is 9.18 Å². The lowest BCUT2D eigenvalue weighted by molar-refractivity contribution is -0.921. The van der Waals surface area contributed by atoms with Crippen molar-refractivity contribution in [3.05, 3.63) is 65.5 Å². The molecule has 6 heteroatoms. The van der Waals surface area contributed by atoms with Crippen LogP contribution in [-0.4, -0.2) is 38.8 Å². The van der Waals surface area contributed by atoms with Gasteiger partial charge in [-0.2, -0.15) is 0 Å². The molecule has 2 N–H and O–H groups in total. The van der Waals surface area contributed by atoms with Crippen molar-refractivity contribution < 1.29 is 23.6 Å². The predicted octanol–water partition coefficient (Wildman–Crippen LogP) is 0.936. The third-order valence-electron chi connectivity index (χ3n) is 4.43. The van der Waals surface area contributed by atoms with Crippen LogP contribution < -0.4 is 15.0 Å². The van der Waals surface area contributed by atoms with E-state index in [0.29, 0.717) is 6.54 Å². The summed E-state index contributed by atoms with van der Waals surface area (Å²) >= 11 is 0. The van der Waals surface area contributed by atoms with Crippen LogP contribution in [0.5, 0.6) is 5.75 Å². The maximum Gasteiger partial charge on any atom is 0.258 e. The second-order valence-corrected chi connectivity index (χ2v) is 6.30. The van der Waals surface area contributed by atoms with E-state index in [1.807, 2.05) is 18.2 Å². The Kier molecular flexibility index (Phi) is 6.57. The molecule has 1 fully saturated rings. The molecule has 138 valence electrons. The van der Waals surface area contributed by atoms with Gasteiger partial charge in [-0.3, -0.25) is 4.79 Å². The average Bonchev–Trinajstić information content (AvgIpc) is 2.67. The van der Waals surface area contributed by atoms with Gasteiger partial charge in [-0.05, 0) is 17.7 Å². The van der Waals surface area contributed by atoms with Crippen LogP contribution in [0.4, 0.5) is 4.39 Å². The monoisotopic (exact) mass is 359 g/mol. The van der Waals surface area contributed by atoms with Crippen LogP contribution in [0.3, 0.4) is 0 Å². The Morgan fingerprint density at radius 3 is 2.54 bits per heavy atom. The van der Waals surface area contributed by atoms with Crippen molar-refractivity contribution in [1.82, 2.24) is 5.32 Å². The van der Waals surface area contributed by atoms with E-state index in [0.717, 1.165) is 38.4 Å². The van der Waals surface area contributed by atoms with E-state index in [1.165, 1.54) is 22.6 Å². The number of nitrogens with one attached hydrogen (secondary N) is 2. The van der Waals surface area contributed by atoms with Crippen molar-refractivity contribution in [3.8, 4) is 5.75 Å². The summed E-state index contributed by atoms with van der Waals surface area (Å²) in [5, 5.41) is 2.85. The van der Waals surface area contributed by atoms with Crippen LogP contribution in [-0.2, 0) is 22.6 Å². The number of carbonyl (C=O) groups excluding carboxylic acids is 1. The lowest BCUT2D eigenvalue weighted by Crippen LogP contribution is -3.12. The van der Waals surface area contributed by atoms with Crippen molar-refractivity contribution >= 4 is 5.91 Å². The summed E-state index contributed by atoms with van der Waals surface area (Å²) in [6.45, 7) is 4.72. The first kappa shape index (κ1) is 18.4. The van der Waals surface area contributed by atoms with Gasteiger partial charge in [-0.25, -0.2) is 4.39 Å². The Labute approximate surface area is 152 Å². The average molecular weight is 359 g/mol. The number of quaternary nitrogens is 1. The van der Waals surface area contributed by atoms with Crippen LogP contribution in [0.15, 0.2) is 48.5 Å². The van der Waals surface area contributed by atoms with Crippen molar-refractivity contribution in [2.24, 2.45) is 0 Å². The molecule has 0 aliphatic carbocycles. The molecule has 1 saturated heterocycles. The van der Waals surface area contributed by atoms with E-state index in [4.69, 9.17) is 9.47 Å².